The van der Waals surface area contributed by atoms with Gasteiger partial charge < -0.3 is 10.1 Å². The molecule has 0 aliphatic carbocycles. The topological polar surface area (TPSA) is 79.8 Å². The molecule has 2 amide bonds. The van der Waals surface area contributed by atoms with E-state index >= 15 is 0 Å². The van der Waals surface area contributed by atoms with Crippen LogP contribution < -0.4 is 15.5 Å². The molecule has 0 aromatic heterocycles. The zero-order valence-electron chi connectivity index (χ0n) is 17.2. The van der Waals surface area contributed by atoms with Gasteiger partial charge in [0.15, 0.2) is 0 Å². The summed E-state index contributed by atoms with van der Waals surface area (Å²) >= 11 is 5.95. The van der Waals surface area contributed by atoms with Crippen LogP contribution in [-0.4, -0.2) is 18.0 Å². The number of amides is 2. The third-order valence-electron chi connectivity index (χ3n) is 4.36. The normalized spacial score (nSPS) is 11.3. The Kier molecular flexibility index (Phi) is 7.85. The number of hydrogen-bond acceptors (Lipinski definition) is 4. The quantitative estimate of drug-likeness (QED) is 0.215. The van der Waals surface area contributed by atoms with Gasteiger partial charge in [-0.05, 0) is 60.2 Å². The molecule has 0 saturated heterocycles. The average molecular weight is 494 g/mol. The summed E-state index contributed by atoms with van der Waals surface area (Å²) in [6.07, 6.45) is -3.34. The Balaban J connectivity index is 1.51. The molecule has 0 bridgehead atoms. The van der Waals surface area contributed by atoms with Gasteiger partial charge in [0.05, 0.1) is 16.8 Å². The number of carbonyl (C=O) groups is 2. The molecule has 0 fully saturated rings. The summed E-state index contributed by atoms with van der Waals surface area (Å²) in [5.74, 6) is -2.41. The molecule has 0 spiro atoms. The molecule has 0 saturated carbocycles. The lowest BCUT2D eigenvalue weighted by molar-refractivity contribution is -0.137. The van der Waals surface area contributed by atoms with Crippen LogP contribution in [-0.2, 0) is 22.4 Å². The van der Waals surface area contributed by atoms with Crippen LogP contribution in [0.5, 0.6) is 5.75 Å². The zero-order valence-corrected chi connectivity index (χ0v) is 18.0. The molecule has 0 radical (unpaired) electrons. The van der Waals surface area contributed by atoms with Gasteiger partial charge in [-0.25, -0.2) is 9.82 Å². The summed E-state index contributed by atoms with van der Waals surface area (Å²) in [7, 11) is 0. The second-order valence-corrected chi connectivity index (χ2v) is 7.20. The molecule has 0 heterocycles. The van der Waals surface area contributed by atoms with Crippen molar-refractivity contribution < 1.29 is 31.9 Å². The monoisotopic (exact) mass is 493 g/mol. The molecular weight excluding hydrogens is 478 g/mol. The molecule has 176 valence electrons. The summed E-state index contributed by atoms with van der Waals surface area (Å²) in [4.78, 5) is 23.7. The summed E-state index contributed by atoms with van der Waals surface area (Å²) < 4.78 is 57.5. The highest BCUT2D eigenvalue weighted by Crippen LogP contribution is 2.30. The number of benzene rings is 3. The molecule has 6 nitrogen and oxygen atoms in total. The van der Waals surface area contributed by atoms with Crippen molar-refractivity contribution in [3.63, 3.8) is 0 Å². The van der Waals surface area contributed by atoms with Crippen molar-refractivity contribution in [2.45, 2.75) is 12.8 Å². The first-order valence-corrected chi connectivity index (χ1v) is 9.98. The third-order valence-corrected chi connectivity index (χ3v) is 4.71. The molecule has 0 atom stereocenters. The predicted molar refractivity (Wildman–Crippen MR) is 118 cm³/mol. The van der Waals surface area contributed by atoms with Crippen LogP contribution >= 0.6 is 11.6 Å². The highest BCUT2D eigenvalue weighted by Gasteiger charge is 2.30. The van der Waals surface area contributed by atoms with E-state index in [9.17, 15) is 27.2 Å². The smallest absolute Gasteiger partial charge is 0.416 e. The highest BCUT2D eigenvalue weighted by atomic mass is 35.5. The minimum absolute atomic E-state index is 0.0734. The van der Waals surface area contributed by atoms with E-state index in [1.165, 1.54) is 24.4 Å². The van der Waals surface area contributed by atoms with Crippen LogP contribution in [0.25, 0.3) is 0 Å². The first kappa shape index (κ1) is 24.7. The number of hydrogen-bond donors (Lipinski definition) is 2. The fourth-order valence-corrected chi connectivity index (χ4v) is 2.87. The summed E-state index contributed by atoms with van der Waals surface area (Å²) in [5, 5.41) is 5.95. The Hall–Kier alpha value is -3.92. The van der Waals surface area contributed by atoms with E-state index in [0.29, 0.717) is 17.4 Å². The van der Waals surface area contributed by atoms with Gasteiger partial charge in [-0.15, -0.1) is 0 Å². The van der Waals surface area contributed by atoms with Crippen molar-refractivity contribution >= 4 is 35.3 Å². The first-order valence-electron chi connectivity index (χ1n) is 9.61. The van der Waals surface area contributed by atoms with Gasteiger partial charge in [0, 0.05) is 11.3 Å². The van der Waals surface area contributed by atoms with E-state index in [2.05, 4.69) is 10.4 Å². The zero-order chi connectivity index (χ0) is 24.7. The van der Waals surface area contributed by atoms with E-state index in [1.807, 2.05) is 5.43 Å². The Bertz CT molecular complexity index is 1190. The maximum Gasteiger partial charge on any atom is 0.416 e. The molecular formula is C23H16ClF4N3O3. The standard InChI is InChI=1S/C23H16ClF4N3O3/c24-19-5-2-6-20(25)18(19)13-34-17-9-7-14(8-10-17)12-29-31-22(33)21(32)30-16-4-1-3-15(11-16)23(26,27)28/h1-12H,13H2,(H,30,32)(H,31,33)/b29-12+. The van der Waals surface area contributed by atoms with Crippen molar-refractivity contribution in [2.24, 2.45) is 5.10 Å². The average Bonchev–Trinajstić information content (AvgIpc) is 2.79. The Labute approximate surface area is 196 Å². The summed E-state index contributed by atoms with van der Waals surface area (Å²) in [5.41, 5.74) is 1.59. The highest BCUT2D eigenvalue weighted by molar-refractivity contribution is 6.39. The van der Waals surface area contributed by atoms with E-state index < -0.39 is 29.4 Å². The number of rotatable bonds is 6. The molecule has 0 aliphatic heterocycles. The lowest BCUT2D eigenvalue weighted by Gasteiger charge is -2.09. The van der Waals surface area contributed by atoms with Crippen LogP contribution in [0.1, 0.15) is 16.7 Å². The number of alkyl halides is 3. The van der Waals surface area contributed by atoms with Gasteiger partial charge >= 0.3 is 18.0 Å². The molecule has 34 heavy (non-hydrogen) atoms. The van der Waals surface area contributed by atoms with E-state index in [0.717, 1.165) is 12.1 Å². The lowest BCUT2D eigenvalue weighted by atomic mass is 10.2. The Morgan fingerprint density at radius 2 is 1.71 bits per heavy atom. The maximum atomic E-state index is 13.8. The number of ether oxygens (including phenoxy) is 1. The molecule has 0 aliphatic rings. The van der Waals surface area contributed by atoms with Gasteiger partial charge in [-0.2, -0.15) is 18.3 Å². The van der Waals surface area contributed by atoms with Crippen LogP contribution in [0.2, 0.25) is 5.02 Å². The molecule has 3 rings (SSSR count). The van der Waals surface area contributed by atoms with E-state index in [1.54, 1.807) is 30.3 Å². The number of anilines is 1. The minimum atomic E-state index is -4.58. The lowest BCUT2D eigenvalue weighted by Crippen LogP contribution is -2.32. The minimum Gasteiger partial charge on any atom is -0.489 e. The molecule has 0 unspecified atom stereocenters. The predicted octanol–water partition coefficient (Wildman–Crippen LogP) is 5.17. The molecule has 2 N–H and O–H groups in total. The second-order valence-electron chi connectivity index (χ2n) is 6.79. The van der Waals surface area contributed by atoms with Crippen LogP contribution in [0.15, 0.2) is 71.8 Å². The van der Waals surface area contributed by atoms with Crippen LogP contribution in [0.3, 0.4) is 0 Å². The number of halogens is 5. The van der Waals surface area contributed by atoms with Gasteiger partial charge in [-0.3, -0.25) is 9.59 Å². The van der Waals surface area contributed by atoms with Gasteiger partial charge in [0.1, 0.15) is 18.2 Å². The van der Waals surface area contributed by atoms with E-state index in [-0.39, 0.29) is 22.9 Å². The van der Waals surface area contributed by atoms with Crippen molar-refractivity contribution in [1.82, 2.24) is 5.43 Å². The van der Waals surface area contributed by atoms with Crippen molar-refractivity contribution in [2.75, 3.05) is 5.32 Å². The number of hydrazone groups is 1. The van der Waals surface area contributed by atoms with Gasteiger partial charge in [-0.1, -0.05) is 23.7 Å². The Morgan fingerprint density at radius 1 is 1.00 bits per heavy atom. The fourth-order valence-electron chi connectivity index (χ4n) is 2.65. The number of nitrogens with one attached hydrogen (secondary N) is 2. The van der Waals surface area contributed by atoms with Crippen molar-refractivity contribution in [3.8, 4) is 5.75 Å². The second kappa shape index (κ2) is 10.8. The Morgan fingerprint density at radius 3 is 2.38 bits per heavy atom. The largest absolute Gasteiger partial charge is 0.489 e. The fraction of sp³-hybridized carbons (Fsp3) is 0.0870. The third kappa shape index (κ3) is 6.79. The SMILES string of the molecule is O=C(N/N=C/c1ccc(OCc2c(F)cccc2Cl)cc1)C(=O)Nc1cccc(C(F)(F)F)c1. The molecule has 3 aromatic rings. The van der Waals surface area contributed by atoms with Gasteiger partial charge in [0.2, 0.25) is 0 Å². The van der Waals surface area contributed by atoms with Crippen molar-refractivity contribution in [1.29, 1.82) is 0 Å². The van der Waals surface area contributed by atoms with Crippen molar-refractivity contribution in [3.05, 3.63) is 94.3 Å². The molecule has 3 aromatic carbocycles. The van der Waals surface area contributed by atoms with Gasteiger partial charge in [0.25, 0.3) is 0 Å². The van der Waals surface area contributed by atoms with Crippen LogP contribution in [0, 0.1) is 5.82 Å². The summed E-state index contributed by atoms with van der Waals surface area (Å²) in [6.45, 7) is -0.0734. The maximum absolute atomic E-state index is 13.8. The number of nitrogens with zero attached hydrogens (tertiary/aromatic N) is 1. The molecule has 11 heteroatoms. The van der Waals surface area contributed by atoms with Crippen LogP contribution in [0.4, 0.5) is 23.2 Å². The first-order chi connectivity index (χ1) is 16.1. The van der Waals surface area contributed by atoms with E-state index in [4.69, 9.17) is 16.3 Å². The summed E-state index contributed by atoms with van der Waals surface area (Å²) in [6, 6.07) is 14.5. The number of carbonyl (C=O) groups excluding carboxylic acids is 2.